The van der Waals surface area contributed by atoms with Gasteiger partial charge in [-0.2, -0.15) is 0 Å². The minimum atomic E-state index is -0.163. The maximum absolute atomic E-state index is 11.9. The summed E-state index contributed by atoms with van der Waals surface area (Å²) in [6.07, 6.45) is 0.261. The summed E-state index contributed by atoms with van der Waals surface area (Å²) in [7, 11) is 0. The van der Waals surface area contributed by atoms with Gasteiger partial charge in [-0.05, 0) is 18.2 Å². The number of thioether (sulfide) groups is 1. The van der Waals surface area contributed by atoms with Crippen molar-refractivity contribution < 1.29 is 14.4 Å². The molecule has 3 amide bonds. The van der Waals surface area contributed by atoms with E-state index in [1.807, 2.05) is 0 Å². The Hall–Kier alpha value is -2.02. The van der Waals surface area contributed by atoms with E-state index in [0.29, 0.717) is 24.5 Å². The van der Waals surface area contributed by atoms with Crippen molar-refractivity contribution in [2.24, 2.45) is 0 Å². The SMILES string of the molecule is CC(=O)Nc1cccc(NC(=O)CCN2CCSC2=O)c1. The van der Waals surface area contributed by atoms with Gasteiger partial charge in [-0.3, -0.25) is 14.4 Å². The van der Waals surface area contributed by atoms with E-state index in [1.54, 1.807) is 29.2 Å². The molecule has 0 spiro atoms. The summed E-state index contributed by atoms with van der Waals surface area (Å²) in [5, 5.41) is 5.45. The second-order valence-electron chi connectivity index (χ2n) is 4.66. The summed E-state index contributed by atoms with van der Waals surface area (Å²) in [5.41, 5.74) is 1.25. The molecule has 0 unspecified atom stereocenters. The number of hydrogen-bond acceptors (Lipinski definition) is 4. The third-order valence-corrected chi connectivity index (χ3v) is 3.81. The molecule has 0 radical (unpaired) electrons. The van der Waals surface area contributed by atoms with E-state index in [2.05, 4.69) is 10.6 Å². The fraction of sp³-hybridized carbons (Fsp3) is 0.357. The molecule has 2 N–H and O–H groups in total. The van der Waals surface area contributed by atoms with E-state index >= 15 is 0 Å². The zero-order valence-electron chi connectivity index (χ0n) is 11.7. The number of anilines is 2. The molecule has 0 aliphatic carbocycles. The average Bonchev–Trinajstić information content (AvgIpc) is 2.81. The standard InChI is InChI=1S/C14H17N3O3S/c1-10(18)15-11-3-2-4-12(9-11)16-13(19)5-6-17-7-8-21-14(17)20/h2-4,9H,5-8H2,1H3,(H,15,18)(H,16,19). The molecule has 6 nitrogen and oxygen atoms in total. The van der Waals surface area contributed by atoms with Crippen molar-refractivity contribution in [1.29, 1.82) is 0 Å². The maximum atomic E-state index is 11.9. The largest absolute Gasteiger partial charge is 0.332 e. The van der Waals surface area contributed by atoms with Crippen LogP contribution >= 0.6 is 11.8 Å². The van der Waals surface area contributed by atoms with Crippen molar-refractivity contribution in [3.8, 4) is 0 Å². The fourth-order valence-corrected chi connectivity index (χ4v) is 2.82. The molecule has 112 valence electrons. The highest BCUT2D eigenvalue weighted by atomic mass is 32.2. The van der Waals surface area contributed by atoms with Gasteiger partial charge in [-0.15, -0.1) is 0 Å². The van der Waals surface area contributed by atoms with Crippen LogP contribution in [0.4, 0.5) is 16.2 Å². The molecule has 1 saturated heterocycles. The van der Waals surface area contributed by atoms with Crippen LogP contribution in [0.5, 0.6) is 0 Å². The van der Waals surface area contributed by atoms with E-state index < -0.39 is 0 Å². The van der Waals surface area contributed by atoms with Crippen LogP contribution in [0, 0.1) is 0 Å². The van der Waals surface area contributed by atoms with Crippen LogP contribution in [0.1, 0.15) is 13.3 Å². The summed E-state index contributed by atoms with van der Waals surface area (Å²) < 4.78 is 0. The van der Waals surface area contributed by atoms with Crippen molar-refractivity contribution in [1.82, 2.24) is 4.90 Å². The molecule has 0 saturated carbocycles. The zero-order chi connectivity index (χ0) is 15.2. The van der Waals surface area contributed by atoms with Gasteiger partial charge in [0.15, 0.2) is 0 Å². The molecular weight excluding hydrogens is 290 g/mol. The lowest BCUT2D eigenvalue weighted by Gasteiger charge is -2.14. The lowest BCUT2D eigenvalue weighted by atomic mass is 10.2. The first-order valence-corrected chi connectivity index (χ1v) is 7.62. The number of hydrogen-bond donors (Lipinski definition) is 2. The molecule has 0 aromatic heterocycles. The number of benzene rings is 1. The van der Waals surface area contributed by atoms with Crippen LogP contribution in [0.2, 0.25) is 0 Å². The van der Waals surface area contributed by atoms with E-state index in [-0.39, 0.29) is 23.5 Å². The Labute approximate surface area is 127 Å². The number of nitrogens with zero attached hydrogens (tertiary/aromatic N) is 1. The number of nitrogens with one attached hydrogen (secondary N) is 2. The molecular formula is C14H17N3O3S. The van der Waals surface area contributed by atoms with Crippen LogP contribution < -0.4 is 10.6 Å². The first kappa shape index (κ1) is 15.4. The van der Waals surface area contributed by atoms with Crippen molar-refractivity contribution in [2.45, 2.75) is 13.3 Å². The minimum absolute atomic E-state index is 0.0375. The molecule has 1 aromatic carbocycles. The summed E-state index contributed by atoms with van der Waals surface area (Å²) in [4.78, 5) is 35.9. The van der Waals surface area contributed by atoms with E-state index in [9.17, 15) is 14.4 Å². The first-order valence-electron chi connectivity index (χ1n) is 6.64. The average molecular weight is 307 g/mol. The Morgan fingerprint density at radius 1 is 1.29 bits per heavy atom. The Morgan fingerprint density at radius 2 is 2.00 bits per heavy atom. The van der Waals surface area contributed by atoms with Gasteiger partial charge in [0.2, 0.25) is 11.8 Å². The van der Waals surface area contributed by atoms with Crippen molar-refractivity contribution in [3.63, 3.8) is 0 Å². The smallest absolute Gasteiger partial charge is 0.281 e. The summed E-state index contributed by atoms with van der Waals surface area (Å²) in [6.45, 7) is 2.56. The molecule has 1 aliphatic rings. The molecule has 1 aromatic rings. The second kappa shape index (κ2) is 7.12. The van der Waals surface area contributed by atoms with Crippen LogP contribution in [0.25, 0.3) is 0 Å². The fourth-order valence-electron chi connectivity index (χ4n) is 1.97. The summed E-state index contributed by atoms with van der Waals surface area (Å²) >= 11 is 1.28. The van der Waals surface area contributed by atoms with Gasteiger partial charge < -0.3 is 15.5 Å². The quantitative estimate of drug-likeness (QED) is 0.873. The summed E-state index contributed by atoms with van der Waals surface area (Å²) in [6, 6.07) is 6.94. The number of carbonyl (C=O) groups excluding carboxylic acids is 3. The molecule has 0 bridgehead atoms. The minimum Gasteiger partial charge on any atom is -0.332 e. The predicted molar refractivity (Wildman–Crippen MR) is 83.4 cm³/mol. The van der Waals surface area contributed by atoms with Gasteiger partial charge in [-0.25, -0.2) is 0 Å². The number of carbonyl (C=O) groups is 3. The van der Waals surface area contributed by atoms with Gasteiger partial charge >= 0.3 is 0 Å². The topological polar surface area (TPSA) is 78.5 Å². The van der Waals surface area contributed by atoms with Crippen LogP contribution in [-0.2, 0) is 9.59 Å². The van der Waals surface area contributed by atoms with Gasteiger partial charge in [0.25, 0.3) is 5.24 Å². The van der Waals surface area contributed by atoms with Crippen molar-refractivity contribution >= 4 is 40.2 Å². The van der Waals surface area contributed by atoms with Gasteiger partial charge in [0, 0.05) is 43.6 Å². The zero-order valence-corrected chi connectivity index (χ0v) is 12.5. The third-order valence-electron chi connectivity index (χ3n) is 2.92. The Balaban J connectivity index is 1.84. The van der Waals surface area contributed by atoms with Crippen molar-refractivity contribution in [2.75, 3.05) is 29.5 Å². The van der Waals surface area contributed by atoms with E-state index in [1.165, 1.54) is 18.7 Å². The van der Waals surface area contributed by atoms with Crippen LogP contribution in [0.15, 0.2) is 24.3 Å². The third kappa shape index (κ3) is 4.78. The molecule has 1 heterocycles. The van der Waals surface area contributed by atoms with E-state index in [4.69, 9.17) is 0 Å². The van der Waals surface area contributed by atoms with Crippen LogP contribution in [0.3, 0.4) is 0 Å². The molecule has 21 heavy (non-hydrogen) atoms. The van der Waals surface area contributed by atoms with Crippen LogP contribution in [-0.4, -0.2) is 40.8 Å². The van der Waals surface area contributed by atoms with Gasteiger partial charge in [0.1, 0.15) is 0 Å². The first-order chi connectivity index (χ1) is 10.0. The predicted octanol–water partition coefficient (Wildman–Crippen LogP) is 2.14. The Bertz CT molecular complexity index is 562. The molecule has 1 fully saturated rings. The highest BCUT2D eigenvalue weighted by Crippen LogP contribution is 2.18. The van der Waals surface area contributed by atoms with E-state index in [0.717, 1.165) is 5.75 Å². The van der Waals surface area contributed by atoms with Gasteiger partial charge in [-0.1, -0.05) is 17.8 Å². The highest BCUT2D eigenvalue weighted by molar-refractivity contribution is 8.13. The number of amides is 3. The Kier molecular flexibility index (Phi) is 5.21. The lowest BCUT2D eigenvalue weighted by molar-refractivity contribution is -0.116. The molecule has 1 aliphatic heterocycles. The maximum Gasteiger partial charge on any atom is 0.281 e. The summed E-state index contributed by atoms with van der Waals surface area (Å²) in [5.74, 6) is 0.474. The number of rotatable bonds is 5. The second-order valence-corrected chi connectivity index (χ2v) is 5.71. The molecule has 2 rings (SSSR count). The molecule has 0 atom stereocenters. The monoisotopic (exact) mass is 307 g/mol. The molecule has 7 heteroatoms. The van der Waals surface area contributed by atoms with Crippen molar-refractivity contribution in [3.05, 3.63) is 24.3 Å². The van der Waals surface area contributed by atoms with Gasteiger partial charge in [0.05, 0.1) is 0 Å². The lowest BCUT2D eigenvalue weighted by Crippen LogP contribution is -2.27. The highest BCUT2D eigenvalue weighted by Gasteiger charge is 2.21. The normalized spacial score (nSPS) is 14.1. The Morgan fingerprint density at radius 3 is 2.62 bits per heavy atom.